The molecular formula is C18H22N2OS. The average Bonchev–Trinajstić information content (AvgIpc) is 2.59. The molecule has 0 bridgehead atoms. The highest BCUT2D eigenvalue weighted by molar-refractivity contribution is 7.80. The Kier molecular flexibility index (Phi) is 6.22. The maximum atomic E-state index is 5.40. The van der Waals surface area contributed by atoms with Crippen LogP contribution in [0.3, 0.4) is 0 Å². The maximum Gasteiger partial charge on any atom is 0.167 e. The van der Waals surface area contributed by atoms with Crippen molar-refractivity contribution in [1.29, 1.82) is 0 Å². The Morgan fingerprint density at radius 1 is 1.05 bits per heavy atom. The largest absolute Gasteiger partial charge is 0.497 e. The first-order valence-electron chi connectivity index (χ1n) is 7.48. The molecule has 0 spiro atoms. The van der Waals surface area contributed by atoms with Crippen LogP contribution in [0.5, 0.6) is 5.75 Å². The smallest absolute Gasteiger partial charge is 0.167 e. The highest BCUT2D eigenvalue weighted by Crippen LogP contribution is 2.24. The van der Waals surface area contributed by atoms with E-state index in [1.165, 1.54) is 5.56 Å². The van der Waals surface area contributed by atoms with E-state index in [0.717, 1.165) is 24.3 Å². The van der Waals surface area contributed by atoms with E-state index in [-0.39, 0.29) is 6.04 Å². The van der Waals surface area contributed by atoms with Gasteiger partial charge < -0.3 is 15.4 Å². The van der Waals surface area contributed by atoms with Crippen LogP contribution in [0.1, 0.15) is 30.5 Å². The predicted octanol–water partition coefficient (Wildman–Crippen LogP) is 3.66. The number of hydrogen-bond acceptors (Lipinski definition) is 2. The van der Waals surface area contributed by atoms with Gasteiger partial charge in [0.25, 0.3) is 0 Å². The zero-order valence-electron chi connectivity index (χ0n) is 13.0. The van der Waals surface area contributed by atoms with Crippen molar-refractivity contribution >= 4 is 17.3 Å². The van der Waals surface area contributed by atoms with E-state index in [1.54, 1.807) is 7.11 Å². The summed E-state index contributed by atoms with van der Waals surface area (Å²) in [6.45, 7) is 2.99. The summed E-state index contributed by atoms with van der Waals surface area (Å²) in [6, 6.07) is 18.4. The molecule has 0 radical (unpaired) electrons. The van der Waals surface area contributed by atoms with Gasteiger partial charge in [0.05, 0.1) is 13.2 Å². The van der Waals surface area contributed by atoms with Crippen LogP contribution < -0.4 is 15.4 Å². The Hall–Kier alpha value is -2.07. The maximum absolute atomic E-state index is 5.40. The summed E-state index contributed by atoms with van der Waals surface area (Å²) in [5.41, 5.74) is 2.32. The number of thiocarbonyl (C=S) groups is 1. The van der Waals surface area contributed by atoms with Crippen molar-refractivity contribution in [1.82, 2.24) is 10.6 Å². The molecule has 4 heteroatoms. The minimum atomic E-state index is 0.0176. The minimum Gasteiger partial charge on any atom is -0.497 e. The summed E-state index contributed by atoms with van der Waals surface area (Å²) < 4.78 is 5.23. The molecule has 0 aromatic heterocycles. The minimum absolute atomic E-state index is 0.0176. The highest BCUT2D eigenvalue weighted by Gasteiger charge is 2.15. The van der Waals surface area contributed by atoms with Crippen LogP contribution >= 0.6 is 12.2 Å². The van der Waals surface area contributed by atoms with Gasteiger partial charge in [-0.2, -0.15) is 0 Å². The van der Waals surface area contributed by atoms with Gasteiger partial charge in [-0.1, -0.05) is 49.4 Å². The van der Waals surface area contributed by atoms with E-state index in [2.05, 4.69) is 41.8 Å². The summed E-state index contributed by atoms with van der Waals surface area (Å²) in [4.78, 5) is 0. The molecule has 0 unspecified atom stereocenters. The average molecular weight is 314 g/mol. The van der Waals surface area contributed by atoms with Gasteiger partial charge in [-0.15, -0.1) is 0 Å². The van der Waals surface area contributed by atoms with Crippen LogP contribution in [0.2, 0.25) is 0 Å². The fourth-order valence-corrected chi connectivity index (χ4v) is 2.44. The summed E-state index contributed by atoms with van der Waals surface area (Å²) in [5, 5.41) is 7.29. The Bertz CT molecular complexity index is 584. The lowest BCUT2D eigenvalue weighted by atomic mass is 9.99. The second-order valence-corrected chi connectivity index (χ2v) is 5.43. The molecule has 2 aromatic carbocycles. The monoisotopic (exact) mass is 314 g/mol. The lowest BCUT2D eigenvalue weighted by molar-refractivity contribution is 0.414. The van der Waals surface area contributed by atoms with Gasteiger partial charge in [-0.25, -0.2) is 0 Å². The summed E-state index contributed by atoms with van der Waals surface area (Å²) in [6.07, 6.45) is 1.04. The number of benzene rings is 2. The molecule has 0 aliphatic heterocycles. The van der Waals surface area contributed by atoms with Crippen molar-refractivity contribution in [3.8, 4) is 5.75 Å². The van der Waals surface area contributed by atoms with Crippen molar-refractivity contribution in [2.75, 3.05) is 13.7 Å². The standard InChI is InChI=1S/C18H22N2OS/c1-3-13-19-18(22)20-17(14-7-5-4-6-8-14)15-9-11-16(21-2)12-10-15/h4-12,17H,3,13H2,1-2H3,(H2,19,20,22)/t17-/m0/s1. The van der Waals surface area contributed by atoms with Crippen LogP contribution in [0.4, 0.5) is 0 Å². The van der Waals surface area contributed by atoms with E-state index in [4.69, 9.17) is 17.0 Å². The van der Waals surface area contributed by atoms with Crippen LogP contribution in [-0.4, -0.2) is 18.8 Å². The fourth-order valence-electron chi connectivity index (χ4n) is 2.22. The van der Waals surface area contributed by atoms with Crippen molar-refractivity contribution in [3.63, 3.8) is 0 Å². The molecule has 0 saturated heterocycles. The molecule has 2 N–H and O–H groups in total. The zero-order valence-corrected chi connectivity index (χ0v) is 13.8. The Morgan fingerprint density at radius 2 is 1.68 bits per heavy atom. The normalized spacial score (nSPS) is 11.5. The second kappa shape index (κ2) is 8.39. The topological polar surface area (TPSA) is 33.3 Å². The first-order chi connectivity index (χ1) is 10.7. The van der Waals surface area contributed by atoms with E-state index in [1.807, 2.05) is 30.3 Å². The molecule has 2 aromatic rings. The predicted molar refractivity (Wildman–Crippen MR) is 95.3 cm³/mol. The van der Waals surface area contributed by atoms with Gasteiger partial charge in [0, 0.05) is 6.54 Å². The molecule has 0 aliphatic carbocycles. The van der Waals surface area contributed by atoms with Gasteiger partial charge in [0.15, 0.2) is 5.11 Å². The van der Waals surface area contributed by atoms with Gasteiger partial charge in [0.2, 0.25) is 0 Å². The third-order valence-electron chi connectivity index (χ3n) is 3.39. The molecule has 3 nitrogen and oxygen atoms in total. The van der Waals surface area contributed by atoms with Gasteiger partial charge in [0.1, 0.15) is 5.75 Å². The Morgan fingerprint density at radius 3 is 2.27 bits per heavy atom. The molecule has 0 aliphatic rings. The number of rotatable bonds is 6. The number of methoxy groups -OCH3 is 1. The van der Waals surface area contributed by atoms with Crippen LogP contribution in [-0.2, 0) is 0 Å². The second-order valence-electron chi connectivity index (χ2n) is 5.02. The van der Waals surface area contributed by atoms with Crippen molar-refractivity contribution in [2.24, 2.45) is 0 Å². The SMILES string of the molecule is CCCNC(=S)N[C@@H](c1ccccc1)c1ccc(OC)cc1. The number of nitrogens with one attached hydrogen (secondary N) is 2. The molecular weight excluding hydrogens is 292 g/mol. The molecule has 0 heterocycles. The van der Waals surface area contributed by atoms with Gasteiger partial charge in [-0.05, 0) is 41.9 Å². The zero-order chi connectivity index (χ0) is 15.8. The summed E-state index contributed by atoms with van der Waals surface area (Å²) >= 11 is 5.40. The fraction of sp³-hybridized carbons (Fsp3) is 0.278. The highest BCUT2D eigenvalue weighted by atomic mass is 32.1. The third-order valence-corrected chi connectivity index (χ3v) is 3.66. The molecule has 0 fully saturated rings. The van der Waals surface area contributed by atoms with E-state index >= 15 is 0 Å². The molecule has 2 rings (SSSR count). The van der Waals surface area contributed by atoms with Crippen molar-refractivity contribution in [2.45, 2.75) is 19.4 Å². The molecule has 116 valence electrons. The molecule has 0 amide bonds. The first kappa shape index (κ1) is 16.3. The summed E-state index contributed by atoms with van der Waals surface area (Å²) in [7, 11) is 1.67. The first-order valence-corrected chi connectivity index (χ1v) is 7.88. The third kappa shape index (κ3) is 4.46. The number of hydrogen-bond donors (Lipinski definition) is 2. The van der Waals surface area contributed by atoms with Crippen LogP contribution in [0, 0.1) is 0 Å². The lowest BCUT2D eigenvalue weighted by Gasteiger charge is -2.22. The Balaban J connectivity index is 2.22. The Labute approximate surface area is 137 Å². The number of ether oxygens (including phenoxy) is 1. The van der Waals surface area contributed by atoms with Gasteiger partial charge in [-0.3, -0.25) is 0 Å². The lowest BCUT2D eigenvalue weighted by Crippen LogP contribution is -2.38. The van der Waals surface area contributed by atoms with Crippen LogP contribution in [0.25, 0.3) is 0 Å². The van der Waals surface area contributed by atoms with E-state index < -0.39 is 0 Å². The van der Waals surface area contributed by atoms with Crippen molar-refractivity contribution < 1.29 is 4.74 Å². The molecule has 22 heavy (non-hydrogen) atoms. The molecule has 1 atom stereocenters. The van der Waals surface area contributed by atoms with Crippen LogP contribution in [0.15, 0.2) is 54.6 Å². The van der Waals surface area contributed by atoms with Gasteiger partial charge >= 0.3 is 0 Å². The summed E-state index contributed by atoms with van der Waals surface area (Å²) in [5.74, 6) is 0.849. The van der Waals surface area contributed by atoms with Crippen molar-refractivity contribution in [3.05, 3.63) is 65.7 Å². The quantitative estimate of drug-likeness (QED) is 0.797. The van der Waals surface area contributed by atoms with E-state index in [9.17, 15) is 0 Å². The molecule has 0 saturated carbocycles. The van der Waals surface area contributed by atoms with E-state index in [0.29, 0.717) is 5.11 Å².